The summed E-state index contributed by atoms with van der Waals surface area (Å²) in [6.45, 7) is 13.0. The number of carboxylic acid groups (broad SMARTS) is 1. The third-order valence-electron chi connectivity index (χ3n) is 11.9. The first kappa shape index (κ1) is 29.1. The van der Waals surface area contributed by atoms with E-state index in [9.17, 15) is 24.9 Å². The topological polar surface area (TPSA) is 104 Å². The van der Waals surface area contributed by atoms with Crippen molar-refractivity contribution < 1.29 is 29.6 Å². The summed E-state index contributed by atoms with van der Waals surface area (Å²) in [5, 5.41) is 33.0. The van der Waals surface area contributed by atoms with Gasteiger partial charge in [0.2, 0.25) is 0 Å². The van der Waals surface area contributed by atoms with Crippen molar-refractivity contribution in [2.45, 2.75) is 105 Å². The van der Waals surface area contributed by atoms with Crippen molar-refractivity contribution in [2.75, 3.05) is 5.33 Å². The molecule has 4 aliphatic carbocycles. The third kappa shape index (κ3) is 4.53. The van der Waals surface area contributed by atoms with E-state index in [1.54, 1.807) is 0 Å². The van der Waals surface area contributed by atoms with Crippen molar-refractivity contribution in [3.05, 3.63) is 11.6 Å². The van der Waals surface area contributed by atoms with Gasteiger partial charge in [0.05, 0.1) is 18.1 Å². The van der Waals surface area contributed by atoms with Crippen molar-refractivity contribution in [3.63, 3.8) is 0 Å². The molecule has 0 saturated heterocycles. The van der Waals surface area contributed by atoms with Crippen molar-refractivity contribution in [3.8, 4) is 0 Å². The summed E-state index contributed by atoms with van der Waals surface area (Å²) in [6.07, 6.45) is 5.75. The molecule has 4 rings (SSSR count). The number of hydrogen-bond acceptors (Lipinski definition) is 5. The summed E-state index contributed by atoms with van der Waals surface area (Å²) in [5.41, 5.74) is 0.477. The smallest absolute Gasteiger partial charge is 0.316 e. The lowest BCUT2D eigenvalue weighted by molar-refractivity contribution is -0.240. The van der Waals surface area contributed by atoms with Gasteiger partial charge < -0.3 is 20.1 Å². The van der Waals surface area contributed by atoms with Crippen LogP contribution in [0.3, 0.4) is 0 Å². The van der Waals surface area contributed by atoms with Crippen LogP contribution in [-0.4, -0.2) is 50.9 Å². The molecule has 0 aromatic heterocycles. The molecule has 37 heavy (non-hydrogen) atoms. The number of aliphatic hydroxyl groups is 2. The Balaban J connectivity index is 1.78. The fraction of sp³-hybridized carbons (Fsp3) is 0.867. The summed E-state index contributed by atoms with van der Waals surface area (Å²) in [6, 6.07) is 0. The van der Waals surface area contributed by atoms with Gasteiger partial charge >= 0.3 is 11.9 Å². The van der Waals surface area contributed by atoms with Crippen LogP contribution < -0.4 is 0 Å². The lowest BCUT2D eigenvalue weighted by Gasteiger charge is -2.69. The Morgan fingerprint density at radius 1 is 1.05 bits per heavy atom. The Labute approximate surface area is 230 Å². The zero-order valence-corrected chi connectivity index (χ0v) is 25.0. The third-order valence-corrected chi connectivity index (χ3v) is 12.4. The van der Waals surface area contributed by atoms with E-state index in [1.165, 1.54) is 0 Å². The molecule has 12 atom stereocenters. The van der Waals surface area contributed by atoms with Crippen molar-refractivity contribution in [2.24, 2.45) is 51.8 Å². The monoisotopic (exact) mass is 582 g/mol. The number of hydrogen-bond donors (Lipinski definition) is 3. The molecule has 4 unspecified atom stereocenters. The maximum absolute atomic E-state index is 12.7. The quantitative estimate of drug-likeness (QED) is 0.214. The molecule has 0 amide bonds. The molecular formula is C30H47BrO6. The van der Waals surface area contributed by atoms with E-state index >= 15 is 0 Å². The van der Waals surface area contributed by atoms with Crippen molar-refractivity contribution in [1.82, 2.24) is 0 Å². The molecule has 0 radical (unpaired) electrons. The molecule has 4 fully saturated rings. The number of alkyl halides is 1. The molecule has 0 bridgehead atoms. The van der Waals surface area contributed by atoms with E-state index in [0.717, 1.165) is 31.3 Å². The van der Waals surface area contributed by atoms with Gasteiger partial charge in [0, 0.05) is 5.92 Å². The maximum atomic E-state index is 12.7. The van der Waals surface area contributed by atoms with Gasteiger partial charge in [0.25, 0.3) is 0 Å². The number of rotatable bonds is 6. The van der Waals surface area contributed by atoms with Crippen LogP contribution in [0.15, 0.2) is 11.6 Å². The molecule has 0 heterocycles. The first-order valence-electron chi connectivity index (χ1n) is 14.2. The van der Waals surface area contributed by atoms with E-state index < -0.39 is 24.1 Å². The summed E-state index contributed by atoms with van der Waals surface area (Å²) < 4.78 is 6.01. The number of carbonyl (C=O) groups is 2. The van der Waals surface area contributed by atoms with Crippen LogP contribution in [0.25, 0.3) is 0 Å². The lowest BCUT2D eigenvalue weighted by atomic mass is 9.36. The predicted octanol–water partition coefficient (Wildman–Crippen LogP) is 5.59. The molecule has 0 aromatic rings. The van der Waals surface area contributed by atoms with Crippen LogP contribution in [-0.2, 0) is 14.3 Å². The summed E-state index contributed by atoms with van der Waals surface area (Å²) >= 11 is 3.22. The number of carbonyl (C=O) groups excluding carboxylic acids is 1. The number of ether oxygens (including phenoxy) is 1. The number of fused-ring (bicyclic) bond motifs is 5. The molecule has 6 nitrogen and oxygen atoms in total. The van der Waals surface area contributed by atoms with Gasteiger partial charge in [-0.05, 0) is 98.7 Å². The molecule has 3 N–H and O–H groups in total. The summed E-state index contributed by atoms with van der Waals surface area (Å²) in [4.78, 5) is 25.2. The minimum absolute atomic E-state index is 0.0577. The molecule has 0 aromatic carbocycles. The standard InChI is InChI=1S/C30H47BrO6/c1-16(2)7-8-18(27(35)36)25-20-13-22(33)26-28(4)11-10-21(32)17(3)19(28)9-12-29(26,5)30(20,6)14-23(25)37-24(34)15-31/h7,17-23,25-26,32-33H,8-15H2,1-6H3,(H,35,36)/t17-,18+,19?,20?,21+,22?,23-,25+,26?,28-,29-,30-/m0/s1. The van der Waals surface area contributed by atoms with Crippen LogP contribution in [0.1, 0.15) is 86.5 Å². The van der Waals surface area contributed by atoms with Gasteiger partial charge in [-0.1, -0.05) is 55.3 Å². The van der Waals surface area contributed by atoms with E-state index in [1.807, 2.05) is 19.9 Å². The SMILES string of the molecule is CC(C)=CC[C@@H](C(=O)O)[C@@H]1C2CC(O)C3[C@@]4(C)CC[C@@H](O)[C@@H](C)C4CC[C@]3(C)[C@@]2(C)C[C@@H]1OC(=O)CBr. The number of carboxylic acids is 1. The fourth-order valence-corrected chi connectivity index (χ4v) is 10.2. The van der Waals surface area contributed by atoms with Gasteiger partial charge in [-0.25, -0.2) is 0 Å². The second-order valence-corrected chi connectivity index (χ2v) is 14.3. The molecule has 4 saturated carbocycles. The lowest BCUT2D eigenvalue weighted by Crippen LogP contribution is -2.66. The largest absolute Gasteiger partial charge is 0.481 e. The maximum Gasteiger partial charge on any atom is 0.316 e. The number of allylic oxidation sites excluding steroid dienone is 2. The highest BCUT2D eigenvalue weighted by Gasteiger charge is 2.72. The normalized spacial score (nSPS) is 47.7. The van der Waals surface area contributed by atoms with Crippen molar-refractivity contribution >= 4 is 27.9 Å². The number of aliphatic hydroxyl groups excluding tert-OH is 2. The second-order valence-electron chi connectivity index (χ2n) is 13.7. The first-order valence-corrected chi connectivity index (χ1v) is 15.3. The highest BCUT2D eigenvalue weighted by Crippen LogP contribution is 2.74. The van der Waals surface area contributed by atoms with E-state index in [2.05, 4.69) is 43.6 Å². The second kappa shape index (κ2) is 10.2. The molecule has 210 valence electrons. The molecule has 0 aliphatic heterocycles. The van der Waals surface area contributed by atoms with Gasteiger partial charge in [-0.15, -0.1) is 0 Å². The highest BCUT2D eigenvalue weighted by molar-refractivity contribution is 9.09. The zero-order valence-electron chi connectivity index (χ0n) is 23.4. The summed E-state index contributed by atoms with van der Waals surface area (Å²) in [7, 11) is 0. The number of aliphatic carboxylic acids is 1. The Kier molecular flexibility index (Phi) is 8.05. The predicted molar refractivity (Wildman–Crippen MR) is 146 cm³/mol. The van der Waals surface area contributed by atoms with E-state index in [0.29, 0.717) is 25.2 Å². The van der Waals surface area contributed by atoms with Crippen molar-refractivity contribution in [1.29, 1.82) is 0 Å². The average Bonchev–Trinajstić information content (AvgIpc) is 3.08. The Morgan fingerprint density at radius 2 is 1.73 bits per heavy atom. The molecule has 7 heteroatoms. The van der Waals surface area contributed by atoms with Gasteiger partial charge in [0.15, 0.2) is 0 Å². The highest BCUT2D eigenvalue weighted by atomic mass is 79.9. The van der Waals surface area contributed by atoms with Gasteiger partial charge in [-0.2, -0.15) is 0 Å². The Hall–Kier alpha value is -0.920. The van der Waals surface area contributed by atoms with Gasteiger partial charge in [-0.3, -0.25) is 9.59 Å². The molecular weight excluding hydrogens is 536 g/mol. The van der Waals surface area contributed by atoms with Crippen LogP contribution in [0.4, 0.5) is 0 Å². The molecule has 0 spiro atoms. The number of halogens is 1. The average molecular weight is 584 g/mol. The van der Waals surface area contributed by atoms with E-state index in [4.69, 9.17) is 4.74 Å². The zero-order chi connectivity index (χ0) is 27.5. The number of esters is 1. The minimum Gasteiger partial charge on any atom is -0.481 e. The summed E-state index contributed by atoms with van der Waals surface area (Å²) in [5.74, 6) is -1.71. The Morgan fingerprint density at radius 3 is 2.32 bits per heavy atom. The van der Waals surface area contributed by atoms with E-state index in [-0.39, 0.29) is 57.3 Å². The fourth-order valence-electron chi connectivity index (χ4n) is 10.1. The van der Waals surface area contributed by atoms with Crippen LogP contribution in [0, 0.1) is 51.8 Å². The van der Waals surface area contributed by atoms with Gasteiger partial charge in [0.1, 0.15) is 11.4 Å². The van der Waals surface area contributed by atoms with Crippen LogP contribution in [0.2, 0.25) is 0 Å². The molecule has 4 aliphatic rings. The van der Waals surface area contributed by atoms with Crippen LogP contribution >= 0.6 is 15.9 Å². The Bertz CT molecular complexity index is 931. The minimum atomic E-state index is -0.862. The van der Waals surface area contributed by atoms with Crippen LogP contribution in [0.5, 0.6) is 0 Å². The first-order chi connectivity index (χ1) is 17.2.